The van der Waals surface area contributed by atoms with Crippen molar-refractivity contribution in [3.63, 3.8) is 0 Å². The lowest BCUT2D eigenvalue weighted by atomic mass is 10.0. The van der Waals surface area contributed by atoms with Crippen LogP contribution in [0.4, 0.5) is 0 Å². The van der Waals surface area contributed by atoms with Gasteiger partial charge in [-0.3, -0.25) is 4.79 Å². The standard InChI is InChI=1S/C20H25N3O3/c1-23-9-8-21-20(23)19(22-18(24)10-14-6-4-5-7-14)15-11-16(25-2)13-17(12-15)26-3/h4,6,8-9,11-14,19H,5,7,10H2,1-3H3,(H,22,24)/t14-,19-/m0/s1. The summed E-state index contributed by atoms with van der Waals surface area (Å²) in [6, 6.07) is 5.23. The molecular weight excluding hydrogens is 330 g/mol. The van der Waals surface area contributed by atoms with Crippen molar-refractivity contribution < 1.29 is 14.3 Å². The number of aryl methyl sites for hydroxylation is 1. The molecule has 0 radical (unpaired) electrons. The van der Waals surface area contributed by atoms with Crippen LogP contribution in [-0.2, 0) is 11.8 Å². The highest BCUT2D eigenvalue weighted by Crippen LogP contribution is 2.30. The van der Waals surface area contributed by atoms with Gasteiger partial charge in [0.15, 0.2) is 0 Å². The zero-order chi connectivity index (χ0) is 18.5. The summed E-state index contributed by atoms with van der Waals surface area (Å²) >= 11 is 0. The first-order valence-corrected chi connectivity index (χ1v) is 8.77. The Balaban J connectivity index is 1.90. The van der Waals surface area contributed by atoms with Crippen LogP contribution in [0, 0.1) is 5.92 Å². The number of rotatable bonds is 7. The number of aromatic nitrogens is 2. The van der Waals surface area contributed by atoms with Gasteiger partial charge in [-0.15, -0.1) is 0 Å². The van der Waals surface area contributed by atoms with Crippen molar-refractivity contribution in [1.29, 1.82) is 0 Å². The van der Waals surface area contributed by atoms with E-state index in [0.29, 0.717) is 23.8 Å². The highest BCUT2D eigenvalue weighted by atomic mass is 16.5. The minimum atomic E-state index is -0.378. The number of nitrogens with one attached hydrogen (secondary N) is 1. The largest absolute Gasteiger partial charge is 0.497 e. The first-order chi connectivity index (χ1) is 12.6. The molecule has 1 heterocycles. The number of nitrogens with zero attached hydrogens (tertiary/aromatic N) is 2. The third-order valence-electron chi connectivity index (χ3n) is 4.69. The Morgan fingerprint density at radius 3 is 2.58 bits per heavy atom. The minimum Gasteiger partial charge on any atom is -0.497 e. The Bertz CT molecular complexity index is 775. The molecule has 1 aromatic carbocycles. The summed E-state index contributed by atoms with van der Waals surface area (Å²) in [7, 11) is 5.14. The van der Waals surface area contributed by atoms with Crippen LogP contribution in [-0.4, -0.2) is 29.7 Å². The van der Waals surface area contributed by atoms with E-state index in [1.54, 1.807) is 20.4 Å². The molecule has 0 unspecified atom stereocenters. The lowest BCUT2D eigenvalue weighted by molar-refractivity contribution is -0.122. The van der Waals surface area contributed by atoms with E-state index in [1.807, 2.05) is 36.0 Å². The molecule has 2 atom stereocenters. The highest BCUT2D eigenvalue weighted by molar-refractivity contribution is 5.77. The number of carbonyl (C=O) groups is 1. The predicted octanol–water partition coefficient (Wildman–Crippen LogP) is 3.00. The van der Waals surface area contributed by atoms with Crippen molar-refractivity contribution in [3.05, 3.63) is 54.1 Å². The fourth-order valence-corrected chi connectivity index (χ4v) is 3.27. The molecule has 1 N–H and O–H groups in total. The zero-order valence-electron chi connectivity index (χ0n) is 15.4. The lowest BCUT2D eigenvalue weighted by Gasteiger charge is -2.21. The van der Waals surface area contributed by atoms with Crippen molar-refractivity contribution in [3.8, 4) is 11.5 Å². The maximum absolute atomic E-state index is 12.7. The third-order valence-corrected chi connectivity index (χ3v) is 4.69. The average Bonchev–Trinajstić information content (AvgIpc) is 3.30. The number of ether oxygens (including phenoxy) is 2. The predicted molar refractivity (Wildman–Crippen MR) is 99.2 cm³/mol. The second kappa shape index (κ2) is 8.08. The maximum atomic E-state index is 12.7. The number of allylic oxidation sites excluding steroid dienone is 2. The Labute approximate surface area is 153 Å². The molecule has 0 bridgehead atoms. The SMILES string of the molecule is COc1cc(OC)cc([C@H](NC(=O)C[C@H]2C=CCC2)c2nccn2C)c1. The molecular formula is C20H25N3O3. The molecule has 138 valence electrons. The Morgan fingerprint density at radius 1 is 1.31 bits per heavy atom. The van der Waals surface area contributed by atoms with Gasteiger partial charge in [0.1, 0.15) is 23.4 Å². The molecule has 2 aromatic rings. The topological polar surface area (TPSA) is 65.4 Å². The molecule has 0 saturated heterocycles. The van der Waals surface area contributed by atoms with Gasteiger partial charge >= 0.3 is 0 Å². The fraction of sp³-hybridized carbons (Fsp3) is 0.400. The summed E-state index contributed by atoms with van der Waals surface area (Å²) in [5.41, 5.74) is 0.866. The summed E-state index contributed by atoms with van der Waals surface area (Å²) in [6.07, 6.45) is 10.4. The molecule has 0 saturated carbocycles. The van der Waals surface area contributed by atoms with Crippen LogP contribution in [0.1, 0.15) is 36.7 Å². The maximum Gasteiger partial charge on any atom is 0.221 e. The smallest absolute Gasteiger partial charge is 0.221 e. The van der Waals surface area contributed by atoms with E-state index in [1.165, 1.54) is 0 Å². The summed E-state index contributed by atoms with van der Waals surface area (Å²) in [4.78, 5) is 17.1. The highest BCUT2D eigenvalue weighted by Gasteiger charge is 2.24. The van der Waals surface area contributed by atoms with Gasteiger partial charge in [-0.05, 0) is 36.5 Å². The summed E-state index contributed by atoms with van der Waals surface area (Å²) in [5.74, 6) is 2.43. The summed E-state index contributed by atoms with van der Waals surface area (Å²) in [6.45, 7) is 0. The van der Waals surface area contributed by atoms with Crippen LogP contribution < -0.4 is 14.8 Å². The second-order valence-corrected chi connectivity index (χ2v) is 6.51. The van der Waals surface area contributed by atoms with Crippen LogP contribution in [0.25, 0.3) is 0 Å². The second-order valence-electron chi connectivity index (χ2n) is 6.51. The van der Waals surface area contributed by atoms with E-state index in [0.717, 1.165) is 24.2 Å². The Hall–Kier alpha value is -2.76. The van der Waals surface area contributed by atoms with Crippen molar-refractivity contribution >= 4 is 5.91 Å². The van der Waals surface area contributed by atoms with E-state index in [4.69, 9.17) is 9.47 Å². The number of imidazole rings is 1. The number of methoxy groups -OCH3 is 2. The monoisotopic (exact) mass is 355 g/mol. The van der Waals surface area contributed by atoms with Crippen molar-refractivity contribution in [2.24, 2.45) is 13.0 Å². The van der Waals surface area contributed by atoms with Gasteiger partial charge in [-0.25, -0.2) is 4.98 Å². The average molecular weight is 355 g/mol. The number of hydrogen-bond acceptors (Lipinski definition) is 4. The van der Waals surface area contributed by atoms with Crippen molar-refractivity contribution in [1.82, 2.24) is 14.9 Å². The molecule has 0 fully saturated rings. The van der Waals surface area contributed by atoms with Crippen LogP contribution in [0.2, 0.25) is 0 Å². The van der Waals surface area contributed by atoms with E-state index < -0.39 is 0 Å². The zero-order valence-corrected chi connectivity index (χ0v) is 15.4. The molecule has 0 spiro atoms. The van der Waals surface area contributed by atoms with Gasteiger partial charge in [0.05, 0.1) is 14.2 Å². The first-order valence-electron chi connectivity index (χ1n) is 8.77. The van der Waals surface area contributed by atoms with E-state index in [-0.39, 0.29) is 11.9 Å². The van der Waals surface area contributed by atoms with Crippen LogP contribution in [0.5, 0.6) is 11.5 Å². The lowest BCUT2D eigenvalue weighted by Crippen LogP contribution is -2.32. The minimum absolute atomic E-state index is 0.0105. The molecule has 3 rings (SSSR count). The summed E-state index contributed by atoms with van der Waals surface area (Å²) in [5, 5.41) is 3.14. The number of carbonyl (C=O) groups excluding carboxylic acids is 1. The number of benzene rings is 1. The molecule has 0 aliphatic heterocycles. The van der Waals surface area contributed by atoms with Gasteiger partial charge in [0.2, 0.25) is 5.91 Å². The molecule has 6 nitrogen and oxygen atoms in total. The molecule has 6 heteroatoms. The van der Waals surface area contributed by atoms with Gasteiger partial charge in [-0.2, -0.15) is 0 Å². The van der Waals surface area contributed by atoms with Gasteiger partial charge in [-0.1, -0.05) is 12.2 Å². The first kappa shape index (κ1) is 18.0. The van der Waals surface area contributed by atoms with E-state index in [9.17, 15) is 4.79 Å². The summed E-state index contributed by atoms with van der Waals surface area (Å²) < 4.78 is 12.7. The van der Waals surface area contributed by atoms with Gasteiger partial charge < -0.3 is 19.4 Å². The fourth-order valence-electron chi connectivity index (χ4n) is 3.27. The number of amides is 1. The molecule has 1 aliphatic carbocycles. The van der Waals surface area contributed by atoms with Gasteiger partial charge in [0.25, 0.3) is 0 Å². The molecule has 1 aliphatic rings. The third kappa shape index (κ3) is 4.07. The molecule has 1 amide bonds. The van der Waals surface area contributed by atoms with Crippen LogP contribution in [0.3, 0.4) is 0 Å². The van der Waals surface area contributed by atoms with Gasteiger partial charge in [0, 0.05) is 31.9 Å². The van der Waals surface area contributed by atoms with Crippen LogP contribution >= 0.6 is 0 Å². The molecule has 1 aromatic heterocycles. The Morgan fingerprint density at radius 2 is 2.04 bits per heavy atom. The van der Waals surface area contributed by atoms with Crippen molar-refractivity contribution in [2.45, 2.75) is 25.3 Å². The normalized spacial score (nSPS) is 17.1. The quantitative estimate of drug-likeness (QED) is 0.776. The molecule has 26 heavy (non-hydrogen) atoms. The van der Waals surface area contributed by atoms with Crippen molar-refractivity contribution in [2.75, 3.05) is 14.2 Å². The van der Waals surface area contributed by atoms with E-state index >= 15 is 0 Å². The van der Waals surface area contributed by atoms with E-state index in [2.05, 4.69) is 22.5 Å². The van der Waals surface area contributed by atoms with Crippen LogP contribution in [0.15, 0.2) is 42.7 Å². The Kier molecular flexibility index (Phi) is 5.61. The number of hydrogen-bond donors (Lipinski definition) is 1.